The maximum atomic E-state index is 12.3. The van der Waals surface area contributed by atoms with Gasteiger partial charge in [0.2, 0.25) is 0 Å². The lowest BCUT2D eigenvalue weighted by molar-refractivity contribution is -0.112. The van der Waals surface area contributed by atoms with E-state index in [1.54, 1.807) is 6.92 Å². The van der Waals surface area contributed by atoms with E-state index < -0.39 is 44.4 Å². The van der Waals surface area contributed by atoms with E-state index in [1.807, 2.05) is 36.4 Å². The second kappa shape index (κ2) is 10.6. The van der Waals surface area contributed by atoms with Crippen LogP contribution in [-0.4, -0.2) is 46.7 Å². The van der Waals surface area contributed by atoms with E-state index >= 15 is 0 Å². The molecule has 0 radical (unpaired) electrons. The monoisotopic (exact) mass is 482 g/mol. The lowest BCUT2D eigenvalue weighted by Crippen LogP contribution is -2.66. The Morgan fingerprint density at radius 1 is 0.971 bits per heavy atom. The first-order chi connectivity index (χ1) is 16.1. The predicted octanol–water partition coefficient (Wildman–Crippen LogP) is 1.86. The van der Waals surface area contributed by atoms with Gasteiger partial charge in [-0.15, -0.1) is 0 Å². The molecule has 0 aliphatic heterocycles. The molecule has 3 N–H and O–H groups in total. The number of aromatic amines is 1. The Bertz CT molecular complexity index is 1130. The first-order valence-electron chi connectivity index (χ1n) is 11.5. The summed E-state index contributed by atoms with van der Waals surface area (Å²) in [6.07, 6.45) is -1.30. The second-order valence-corrected chi connectivity index (χ2v) is 14.5. The van der Waals surface area contributed by atoms with Crippen molar-refractivity contribution in [2.75, 3.05) is 6.61 Å². The molecule has 0 spiro atoms. The van der Waals surface area contributed by atoms with Crippen LogP contribution in [-0.2, 0) is 4.74 Å². The zero-order chi connectivity index (χ0) is 24.9. The van der Waals surface area contributed by atoms with Gasteiger partial charge in [0, 0.05) is 12.3 Å². The van der Waals surface area contributed by atoms with E-state index in [2.05, 4.69) is 50.0 Å². The number of benzene rings is 2. The summed E-state index contributed by atoms with van der Waals surface area (Å²) in [5, 5.41) is 23.1. The fourth-order valence-electron chi connectivity index (χ4n) is 4.71. The number of hydrogen-bond donors (Lipinski definition) is 3. The Labute approximate surface area is 200 Å². The van der Waals surface area contributed by atoms with Crippen molar-refractivity contribution < 1.29 is 14.9 Å². The molecule has 0 fully saturated rings. The van der Waals surface area contributed by atoms with E-state index in [-0.39, 0.29) is 5.04 Å². The molecule has 34 heavy (non-hydrogen) atoms. The highest BCUT2D eigenvalue weighted by Crippen LogP contribution is 2.40. The Morgan fingerprint density at radius 3 is 1.91 bits per heavy atom. The third-order valence-electron chi connectivity index (χ3n) is 6.51. The van der Waals surface area contributed by atoms with Gasteiger partial charge in [-0.1, -0.05) is 91.8 Å². The van der Waals surface area contributed by atoms with Crippen LogP contribution in [0.15, 0.2) is 82.5 Å². The molecule has 7 nitrogen and oxygen atoms in total. The Kier molecular flexibility index (Phi) is 8.09. The van der Waals surface area contributed by atoms with Gasteiger partial charge < -0.3 is 14.9 Å². The molecule has 182 valence electrons. The number of H-pyrrole nitrogens is 1. The van der Waals surface area contributed by atoms with Crippen LogP contribution < -0.4 is 21.6 Å². The summed E-state index contributed by atoms with van der Waals surface area (Å²) >= 11 is 0. The fourth-order valence-corrected chi connectivity index (χ4v) is 10.4. The van der Waals surface area contributed by atoms with Crippen molar-refractivity contribution in [1.82, 2.24) is 9.55 Å². The van der Waals surface area contributed by atoms with Gasteiger partial charge in [0.05, 0.1) is 18.8 Å². The highest BCUT2D eigenvalue weighted by molar-refractivity contribution is 7.04. The van der Waals surface area contributed by atoms with Crippen molar-refractivity contribution in [2.24, 2.45) is 0 Å². The number of nitrogens with one attached hydrogen (secondary N) is 1. The van der Waals surface area contributed by atoms with Crippen molar-refractivity contribution in [2.45, 2.75) is 57.2 Å². The number of aromatic nitrogens is 2. The van der Waals surface area contributed by atoms with E-state index in [0.717, 1.165) is 4.57 Å². The summed E-state index contributed by atoms with van der Waals surface area (Å²) in [4.78, 5) is 26.0. The molecule has 0 amide bonds. The minimum absolute atomic E-state index is 0.157. The van der Waals surface area contributed by atoms with E-state index in [0.29, 0.717) is 6.04 Å². The van der Waals surface area contributed by atoms with Gasteiger partial charge >= 0.3 is 5.69 Å². The van der Waals surface area contributed by atoms with Crippen molar-refractivity contribution >= 4 is 18.4 Å². The third kappa shape index (κ3) is 5.31. The lowest BCUT2D eigenvalue weighted by Gasteiger charge is -2.46. The van der Waals surface area contributed by atoms with E-state index in [4.69, 9.17) is 4.74 Å². The van der Waals surface area contributed by atoms with E-state index in [1.165, 1.54) is 22.6 Å². The van der Waals surface area contributed by atoms with Crippen LogP contribution >= 0.6 is 0 Å². The van der Waals surface area contributed by atoms with Crippen molar-refractivity contribution in [3.63, 3.8) is 0 Å². The topological polar surface area (TPSA) is 105 Å². The Balaban J connectivity index is 2.12. The Hall–Kier alpha value is -2.78. The lowest BCUT2D eigenvalue weighted by atomic mass is 10.2. The van der Waals surface area contributed by atoms with Crippen LogP contribution in [0.1, 0.15) is 33.9 Å². The number of aliphatic hydroxyl groups is 2. The van der Waals surface area contributed by atoms with Crippen LogP contribution in [0.5, 0.6) is 0 Å². The largest absolute Gasteiger partial charge is 0.392 e. The first-order valence-corrected chi connectivity index (χ1v) is 13.7. The van der Waals surface area contributed by atoms with Gasteiger partial charge in [-0.2, -0.15) is 0 Å². The maximum absolute atomic E-state index is 12.3. The molecular weight excluding hydrogens is 448 g/mol. The summed E-state index contributed by atoms with van der Waals surface area (Å²) in [6.45, 7) is 7.82. The number of hydrogen-bond acceptors (Lipinski definition) is 5. The van der Waals surface area contributed by atoms with Crippen LogP contribution in [0.25, 0.3) is 0 Å². The second-order valence-electron chi connectivity index (χ2n) is 9.66. The average molecular weight is 483 g/mol. The molecule has 1 heterocycles. The summed E-state index contributed by atoms with van der Waals surface area (Å²) in [5.74, 6) is 0. The van der Waals surface area contributed by atoms with Crippen molar-refractivity contribution in [3.05, 3.63) is 93.8 Å². The smallest absolute Gasteiger partial charge is 0.330 e. The summed E-state index contributed by atoms with van der Waals surface area (Å²) in [7, 11) is -2.59. The molecule has 0 saturated heterocycles. The number of aliphatic hydroxyl groups excluding tert-OH is 2. The molecule has 0 bridgehead atoms. The van der Waals surface area contributed by atoms with E-state index in [9.17, 15) is 19.8 Å². The summed E-state index contributed by atoms with van der Waals surface area (Å²) in [6, 6.07) is 22.4. The number of nitrogens with zero attached hydrogens (tertiary/aromatic N) is 1. The molecule has 0 aliphatic rings. The zero-order valence-corrected chi connectivity index (χ0v) is 21.1. The van der Waals surface area contributed by atoms with Gasteiger partial charge in [0.15, 0.2) is 6.23 Å². The van der Waals surface area contributed by atoms with Gasteiger partial charge in [-0.3, -0.25) is 14.3 Å². The number of rotatable bonds is 9. The molecule has 8 heteroatoms. The van der Waals surface area contributed by atoms with Gasteiger partial charge in [0.1, 0.15) is 8.07 Å². The van der Waals surface area contributed by atoms with Crippen LogP contribution in [0.4, 0.5) is 0 Å². The molecule has 0 saturated carbocycles. The number of ether oxygens (including phenoxy) is 1. The average Bonchev–Trinajstić information content (AvgIpc) is 2.80. The van der Waals surface area contributed by atoms with Gasteiger partial charge in [-0.05, 0) is 18.0 Å². The fraction of sp³-hybridized carbons (Fsp3) is 0.385. The van der Waals surface area contributed by atoms with Crippen molar-refractivity contribution in [3.8, 4) is 0 Å². The highest BCUT2D eigenvalue weighted by Gasteiger charge is 2.49. The molecule has 2 unspecified atom stereocenters. The highest BCUT2D eigenvalue weighted by atomic mass is 28.3. The van der Waals surface area contributed by atoms with Gasteiger partial charge in [-0.25, -0.2) is 4.79 Å². The minimum atomic E-state index is -2.59. The van der Waals surface area contributed by atoms with Crippen LogP contribution in [0, 0.1) is 0 Å². The molecule has 1 aromatic heterocycles. The quantitative estimate of drug-likeness (QED) is 0.404. The third-order valence-corrected chi connectivity index (χ3v) is 12.7. The first kappa shape index (κ1) is 25.8. The summed E-state index contributed by atoms with van der Waals surface area (Å²) < 4.78 is 7.38. The SMILES string of the molecule is C[C@H](O)C(C[Si](c1ccccc1)(c1ccccc1)C(C)(C)C)OC(CO)n1ccc(=O)[nH]c1=O. The molecule has 3 atom stereocenters. The van der Waals surface area contributed by atoms with Crippen molar-refractivity contribution in [1.29, 1.82) is 0 Å². The van der Waals surface area contributed by atoms with Crippen LogP contribution in [0.3, 0.4) is 0 Å². The molecule has 3 aromatic rings. The predicted molar refractivity (Wildman–Crippen MR) is 136 cm³/mol. The zero-order valence-electron chi connectivity index (χ0n) is 20.1. The molecule has 2 aromatic carbocycles. The van der Waals surface area contributed by atoms with Gasteiger partial charge in [0.25, 0.3) is 5.56 Å². The molecular formula is C26H34N2O5Si. The molecule has 3 rings (SSSR count). The molecule has 0 aliphatic carbocycles. The minimum Gasteiger partial charge on any atom is -0.392 e. The normalized spacial score (nSPS) is 15.0. The van der Waals surface area contributed by atoms with Crippen LogP contribution in [0.2, 0.25) is 11.1 Å². The maximum Gasteiger partial charge on any atom is 0.330 e. The summed E-state index contributed by atoms with van der Waals surface area (Å²) in [5.41, 5.74) is -1.21. The Morgan fingerprint density at radius 2 is 1.50 bits per heavy atom. The standard InChI is InChI=1S/C26H34N2O5Si/c1-19(30)22(33-24(17-29)28-16-15-23(31)27-25(28)32)18-34(26(2,3)4,20-11-7-5-8-12-20)21-13-9-6-10-14-21/h5-16,19,22,24,29-30H,17-18H2,1-4H3,(H,27,31,32)/t19-,22?,24?/m0/s1.